The molecule has 1 amide bonds. The Hall–Kier alpha value is -0.960. The largest absolute Gasteiger partial charge is 0.300 e. The lowest BCUT2D eigenvalue weighted by Gasteiger charge is -2.02. The van der Waals surface area contributed by atoms with Crippen LogP contribution in [0.1, 0.15) is 31.2 Å². The summed E-state index contributed by atoms with van der Waals surface area (Å²) in [7, 11) is 0. The van der Waals surface area contributed by atoms with Gasteiger partial charge >= 0.3 is 0 Å². The molecule has 2 unspecified atom stereocenters. The first-order valence-corrected chi connectivity index (χ1v) is 6.78. The second-order valence-electron chi connectivity index (χ2n) is 4.17. The molecule has 2 atom stereocenters. The predicted octanol–water partition coefficient (Wildman–Crippen LogP) is 2.96. The van der Waals surface area contributed by atoms with Crippen LogP contribution in [-0.2, 0) is 4.79 Å². The Labute approximate surface area is 101 Å². The lowest BCUT2D eigenvalue weighted by molar-refractivity contribution is -0.120. The van der Waals surface area contributed by atoms with Crippen LogP contribution in [-0.4, -0.2) is 11.7 Å². The van der Waals surface area contributed by atoms with Crippen molar-refractivity contribution < 1.29 is 4.79 Å². The zero-order valence-electron chi connectivity index (χ0n) is 9.48. The van der Waals surface area contributed by atoms with Crippen molar-refractivity contribution in [1.82, 2.24) is 4.72 Å². The predicted molar refractivity (Wildman–Crippen MR) is 68.2 cm³/mol. The first kappa shape index (κ1) is 11.5. The van der Waals surface area contributed by atoms with Crippen molar-refractivity contribution in [2.24, 2.45) is 5.92 Å². The van der Waals surface area contributed by atoms with E-state index in [0.717, 1.165) is 18.6 Å². The van der Waals surface area contributed by atoms with Gasteiger partial charge in [0.05, 0.1) is 0 Å². The highest BCUT2D eigenvalue weighted by molar-refractivity contribution is 7.97. The van der Waals surface area contributed by atoms with E-state index in [0.29, 0.717) is 5.92 Å². The molecule has 2 nitrogen and oxygen atoms in total. The molecular formula is C13H17NOS. The van der Waals surface area contributed by atoms with Crippen LogP contribution in [0, 0.1) is 5.92 Å². The molecule has 1 fully saturated rings. The summed E-state index contributed by atoms with van der Waals surface area (Å²) < 4.78 is 2.92. The number of rotatable bonds is 5. The van der Waals surface area contributed by atoms with E-state index < -0.39 is 0 Å². The Kier molecular flexibility index (Phi) is 3.88. The number of hydrogen-bond acceptors (Lipinski definition) is 2. The molecule has 0 heterocycles. The molecule has 86 valence electrons. The standard InChI is InChI=1S/C13H17NOS/c1-2-8-16-14-13(15)12-9-11(12)10-6-4-3-5-7-10/h3-7,11-12H,2,8-9H2,1H3,(H,14,15). The van der Waals surface area contributed by atoms with Gasteiger partial charge in [-0.3, -0.25) is 9.52 Å². The average Bonchev–Trinajstić information content (AvgIpc) is 3.10. The summed E-state index contributed by atoms with van der Waals surface area (Å²) in [4.78, 5) is 11.7. The maximum absolute atomic E-state index is 11.7. The third kappa shape index (κ3) is 2.79. The van der Waals surface area contributed by atoms with E-state index in [1.54, 1.807) is 0 Å². The molecule has 0 radical (unpaired) electrons. The molecule has 0 aliphatic heterocycles. The van der Waals surface area contributed by atoms with Crippen LogP contribution in [0.5, 0.6) is 0 Å². The van der Waals surface area contributed by atoms with E-state index in [2.05, 4.69) is 23.8 Å². The molecule has 3 heteroatoms. The van der Waals surface area contributed by atoms with Gasteiger partial charge in [-0.25, -0.2) is 0 Å². The van der Waals surface area contributed by atoms with Gasteiger partial charge in [-0.2, -0.15) is 0 Å². The molecule has 0 saturated heterocycles. The van der Waals surface area contributed by atoms with Crippen LogP contribution in [0.3, 0.4) is 0 Å². The minimum atomic E-state index is 0.201. The summed E-state index contributed by atoms with van der Waals surface area (Å²) in [5.41, 5.74) is 1.29. The lowest BCUT2D eigenvalue weighted by atomic mass is 10.1. The topological polar surface area (TPSA) is 29.1 Å². The summed E-state index contributed by atoms with van der Waals surface area (Å²) in [5.74, 6) is 1.84. The van der Waals surface area contributed by atoms with Gasteiger partial charge in [0.15, 0.2) is 0 Å². The van der Waals surface area contributed by atoms with Crippen molar-refractivity contribution in [3.63, 3.8) is 0 Å². The van der Waals surface area contributed by atoms with Gasteiger partial charge in [-0.1, -0.05) is 49.2 Å². The van der Waals surface area contributed by atoms with Gasteiger partial charge in [0, 0.05) is 11.7 Å². The highest BCUT2D eigenvalue weighted by Crippen LogP contribution is 2.47. The van der Waals surface area contributed by atoms with Crippen molar-refractivity contribution in [2.45, 2.75) is 25.7 Å². The molecule has 0 bridgehead atoms. The number of amides is 1. The van der Waals surface area contributed by atoms with Crippen LogP contribution < -0.4 is 4.72 Å². The number of carbonyl (C=O) groups excluding carboxylic acids is 1. The number of carbonyl (C=O) groups is 1. The van der Waals surface area contributed by atoms with Crippen LogP contribution in [0.25, 0.3) is 0 Å². The van der Waals surface area contributed by atoms with Crippen molar-refractivity contribution >= 4 is 17.9 Å². The van der Waals surface area contributed by atoms with E-state index in [-0.39, 0.29) is 11.8 Å². The Morgan fingerprint density at radius 1 is 1.44 bits per heavy atom. The minimum Gasteiger partial charge on any atom is -0.300 e. The molecule has 1 saturated carbocycles. The van der Waals surface area contributed by atoms with E-state index in [1.807, 2.05) is 18.2 Å². The van der Waals surface area contributed by atoms with Crippen molar-refractivity contribution in [1.29, 1.82) is 0 Å². The summed E-state index contributed by atoms with van der Waals surface area (Å²) >= 11 is 1.53. The molecular weight excluding hydrogens is 218 g/mol. The monoisotopic (exact) mass is 235 g/mol. The van der Waals surface area contributed by atoms with E-state index >= 15 is 0 Å². The molecule has 2 rings (SSSR count). The zero-order chi connectivity index (χ0) is 11.4. The summed E-state index contributed by atoms with van der Waals surface area (Å²) in [6.45, 7) is 2.11. The van der Waals surface area contributed by atoms with Gasteiger partial charge in [-0.15, -0.1) is 0 Å². The van der Waals surface area contributed by atoms with Crippen LogP contribution in [0.15, 0.2) is 30.3 Å². The van der Waals surface area contributed by atoms with Gasteiger partial charge in [0.2, 0.25) is 5.91 Å². The SMILES string of the molecule is CCCSNC(=O)C1CC1c1ccccc1. The summed E-state index contributed by atoms with van der Waals surface area (Å²) in [6.07, 6.45) is 2.10. The van der Waals surface area contributed by atoms with Gasteiger partial charge < -0.3 is 0 Å². The molecule has 1 N–H and O–H groups in total. The van der Waals surface area contributed by atoms with Crippen LogP contribution in [0.4, 0.5) is 0 Å². The fourth-order valence-corrected chi connectivity index (χ4v) is 2.45. The van der Waals surface area contributed by atoms with E-state index in [4.69, 9.17) is 0 Å². The molecule has 1 aromatic carbocycles. The van der Waals surface area contributed by atoms with Crippen molar-refractivity contribution in [3.05, 3.63) is 35.9 Å². The van der Waals surface area contributed by atoms with Crippen molar-refractivity contribution in [2.75, 3.05) is 5.75 Å². The zero-order valence-corrected chi connectivity index (χ0v) is 10.3. The Bertz CT molecular complexity index is 352. The molecule has 0 aromatic heterocycles. The number of nitrogens with one attached hydrogen (secondary N) is 1. The minimum absolute atomic E-state index is 0.201. The Morgan fingerprint density at radius 2 is 2.19 bits per heavy atom. The Balaban J connectivity index is 1.80. The van der Waals surface area contributed by atoms with Crippen molar-refractivity contribution in [3.8, 4) is 0 Å². The lowest BCUT2D eigenvalue weighted by Crippen LogP contribution is -2.18. The quantitative estimate of drug-likeness (QED) is 0.628. The second-order valence-corrected chi connectivity index (χ2v) is 5.08. The molecule has 1 aliphatic rings. The highest BCUT2D eigenvalue weighted by atomic mass is 32.2. The van der Waals surface area contributed by atoms with E-state index in [1.165, 1.54) is 17.5 Å². The average molecular weight is 235 g/mol. The normalized spacial score (nSPS) is 22.8. The summed E-state index contributed by atoms with van der Waals surface area (Å²) in [5, 5.41) is 0. The second kappa shape index (κ2) is 5.39. The smallest absolute Gasteiger partial charge is 0.233 e. The van der Waals surface area contributed by atoms with Gasteiger partial charge in [0.25, 0.3) is 0 Å². The Morgan fingerprint density at radius 3 is 2.88 bits per heavy atom. The molecule has 1 aliphatic carbocycles. The fraction of sp³-hybridized carbons (Fsp3) is 0.462. The summed E-state index contributed by atoms with van der Waals surface area (Å²) in [6, 6.07) is 10.3. The van der Waals surface area contributed by atoms with Gasteiger partial charge in [0.1, 0.15) is 0 Å². The maximum atomic E-state index is 11.7. The van der Waals surface area contributed by atoms with Gasteiger partial charge in [-0.05, 0) is 24.3 Å². The fourth-order valence-electron chi connectivity index (χ4n) is 1.85. The maximum Gasteiger partial charge on any atom is 0.233 e. The number of hydrogen-bond donors (Lipinski definition) is 1. The molecule has 0 spiro atoms. The first-order valence-electron chi connectivity index (χ1n) is 5.79. The molecule has 16 heavy (non-hydrogen) atoms. The van der Waals surface area contributed by atoms with E-state index in [9.17, 15) is 4.79 Å². The first-order chi connectivity index (χ1) is 7.83. The highest BCUT2D eigenvalue weighted by Gasteiger charge is 2.43. The number of benzene rings is 1. The third-order valence-electron chi connectivity index (χ3n) is 2.83. The van der Waals surface area contributed by atoms with Crippen LogP contribution in [0.2, 0.25) is 0 Å². The molecule has 1 aromatic rings. The van der Waals surface area contributed by atoms with Crippen LogP contribution >= 0.6 is 11.9 Å². The third-order valence-corrected chi connectivity index (χ3v) is 3.79.